The molecule has 0 heterocycles. The van der Waals surface area contributed by atoms with Crippen LogP contribution in [0.2, 0.25) is 0 Å². The van der Waals surface area contributed by atoms with Crippen LogP contribution in [0.25, 0.3) is 65.3 Å². The largest absolute Gasteiger partial charge is 0.0620 e. The number of fused-ring (bicyclic) bond motifs is 4. The monoisotopic (exact) mass is 542 g/mol. The molecule has 7 aromatic carbocycles. The predicted octanol–water partition coefficient (Wildman–Crippen LogP) is 12.2. The maximum absolute atomic E-state index is 2.41. The van der Waals surface area contributed by atoms with Crippen molar-refractivity contribution in [3.05, 3.63) is 133 Å². The van der Waals surface area contributed by atoms with Crippen molar-refractivity contribution >= 4 is 43.1 Å². The molecule has 0 radical (unpaired) electrons. The van der Waals surface area contributed by atoms with Gasteiger partial charge >= 0.3 is 0 Å². The van der Waals surface area contributed by atoms with E-state index < -0.39 is 0 Å². The Morgan fingerprint density at radius 3 is 1.60 bits per heavy atom. The second kappa shape index (κ2) is 10.4. The van der Waals surface area contributed by atoms with Crippen molar-refractivity contribution in [1.82, 2.24) is 0 Å². The van der Waals surface area contributed by atoms with Gasteiger partial charge in [0.15, 0.2) is 0 Å². The fourth-order valence-electron chi connectivity index (χ4n) is 6.62. The van der Waals surface area contributed by atoms with E-state index in [0.29, 0.717) is 5.92 Å². The smallest absolute Gasteiger partial charge is 0.00234 e. The molecule has 1 atom stereocenters. The summed E-state index contributed by atoms with van der Waals surface area (Å²) in [5.74, 6) is 0.622. The van der Waals surface area contributed by atoms with Crippen LogP contribution in [-0.2, 0) is 6.42 Å². The van der Waals surface area contributed by atoms with Gasteiger partial charge in [0.25, 0.3) is 0 Å². The SMILES string of the molecule is CC(CCc1cccc2c(-c3ccc4ccccc4c3)c3ccccc3c(-c3ccc4ccccc4c3)c12)C(C)(C)C. The molecule has 7 aromatic rings. The van der Waals surface area contributed by atoms with Gasteiger partial charge in [-0.05, 0) is 107 Å². The Balaban J connectivity index is 1.57. The van der Waals surface area contributed by atoms with Crippen LogP contribution >= 0.6 is 0 Å². The summed E-state index contributed by atoms with van der Waals surface area (Å²) in [5.41, 5.74) is 6.99. The first kappa shape index (κ1) is 26.5. The zero-order valence-electron chi connectivity index (χ0n) is 25.1. The molecule has 0 spiro atoms. The highest BCUT2D eigenvalue weighted by molar-refractivity contribution is 6.22. The van der Waals surface area contributed by atoms with E-state index in [1.807, 2.05) is 0 Å². The third-order valence-electron chi connectivity index (χ3n) is 9.54. The number of hydrogen-bond donors (Lipinski definition) is 0. The molecular weight excluding hydrogens is 504 g/mol. The maximum Gasteiger partial charge on any atom is -0.00234 e. The van der Waals surface area contributed by atoms with E-state index in [1.54, 1.807) is 0 Å². The lowest BCUT2D eigenvalue weighted by atomic mass is 9.78. The zero-order chi connectivity index (χ0) is 28.8. The minimum absolute atomic E-state index is 0.286. The van der Waals surface area contributed by atoms with Crippen LogP contribution in [0.4, 0.5) is 0 Å². The Hall–Kier alpha value is -4.42. The molecule has 0 nitrogen and oxygen atoms in total. The standard InChI is InChI=1S/C42H38/c1-28(42(2,3)4)20-21-31-16-11-19-38-39(34-24-22-29-12-5-7-14-32(29)26-34)36-17-9-10-18-37(36)41(40(31)38)35-25-23-30-13-6-8-15-33(30)27-35/h5-19,22-28H,20-21H2,1-4H3. The Bertz CT molecular complexity index is 2090. The van der Waals surface area contributed by atoms with Crippen molar-refractivity contribution in [3.8, 4) is 22.3 Å². The normalized spacial score (nSPS) is 12.9. The molecule has 0 fully saturated rings. The van der Waals surface area contributed by atoms with Gasteiger partial charge in [0.05, 0.1) is 0 Å². The summed E-state index contributed by atoms with van der Waals surface area (Å²) in [6.07, 6.45) is 2.23. The molecule has 0 heteroatoms. The number of hydrogen-bond acceptors (Lipinski definition) is 0. The topological polar surface area (TPSA) is 0 Å². The minimum atomic E-state index is 0.286. The second-order valence-corrected chi connectivity index (χ2v) is 13.1. The number of aryl methyl sites for hydroxylation is 1. The van der Waals surface area contributed by atoms with E-state index in [1.165, 1.54) is 70.9 Å². The molecule has 0 aromatic heterocycles. The van der Waals surface area contributed by atoms with E-state index >= 15 is 0 Å². The van der Waals surface area contributed by atoms with Crippen molar-refractivity contribution < 1.29 is 0 Å². The van der Waals surface area contributed by atoms with E-state index in [4.69, 9.17) is 0 Å². The molecular formula is C42H38. The summed E-state index contributed by atoms with van der Waals surface area (Å²) in [6, 6.07) is 47.4. The number of rotatable bonds is 5. The quantitative estimate of drug-likeness (QED) is 0.190. The molecule has 0 saturated heterocycles. The van der Waals surface area contributed by atoms with Crippen LogP contribution in [-0.4, -0.2) is 0 Å². The predicted molar refractivity (Wildman–Crippen MR) is 184 cm³/mol. The van der Waals surface area contributed by atoms with Crippen molar-refractivity contribution in [2.75, 3.05) is 0 Å². The van der Waals surface area contributed by atoms with Gasteiger partial charge in [0.2, 0.25) is 0 Å². The maximum atomic E-state index is 2.41. The molecule has 0 amide bonds. The van der Waals surface area contributed by atoms with Crippen LogP contribution in [0.15, 0.2) is 127 Å². The Morgan fingerprint density at radius 1 is 0.500 bits per heavy atom. The molecule has 0 aliphatic rings. The first-order chi connectivity index (χ1) is 20.4. The van der Waals surface area contributed by atoms with E-state index in [0.717, 1.165) is 12.8 Å². The average Bonchev–Trinajstić information content (AvgIpc) is 3.01. The van der Waals surface area contributed by atoms with Gasteiger partial charge in [0.1, 0.15) is 0 Å². The Labute approximate surface area is 249 Å². The van der Waals surface area contributed by atoms with Crippen LogP contribution in [0.5, 0.6) is 0 Å². The molecule has 42 heavy (non-hydrogen) atoms. The molecule has 0 N–H and O–H groups in total. The summed E-state index contributed by atoms with van der Waals surface area (Å²) in [5, 5.41) is 10.5. The van der Waals surface area contributed by atoms with Crippen LogP contribution in [0.3, 0.4) is 0 Å². The second-order valence-electron chi connectivity index (χ2n) is 13.1. The molecule has 206 valence electrons. The fourth-order valence-corrected chi connectivity index (χ4v) is 6.62. The molecule has 7 rings (SSSR count). The zero-order valence-corrected chi connectivity index (χ0v) is 25.1. The van der Waals surface area contributed by atoms with Gasteiger partial charge in [-0.15, -0.1) is 0 Å². The van der Waals surface area contributed by atoms with E-state index in [-0.39, 0.29) is 5.41 Å². The molecule has 1 unspecified atom stereocenters. The summed E-state index contributed by atoms with van der Waals surface area (Å²) in [6.45, 7) is 9.51. The first-order valence-corrected chi connectivity index (χ1v) is 15.3. The fraction of sp³-hybridized carbons (Fsp3) is 0.190. The van der Waals surface area contributed by atoms with E-state index in [2.05, 4.69) is 155 Å². The van der Waals surface area contributed by atoms with E-state index in [9.17, 15) is 0 Å². The van der Waals surface area contributed by atoms with Crippen molar-refractivity contribution in [1.29, 1.82) is 0 Å². The Morgan fingerprint density at radius 2 is 1.00 bits per heavy atom. The van der Waals surface area contributed by atoms with Crippen molar-refractivity contribution in [2.45, 2.75) is 40.5 Å². The van der Waals surface area contributed by atoms with Crippen molar-refractivity contribution in [3.63, 3.8) is 0 Å². The van der Waals surface area contributed by atoms with Gasteiger partial charge < -0.3 is 0 Å². The Kier molecular flexibility index (Phi) is 6.59. The molecule has 0 bridgehead atoms. The van der Waals surface area contributed by atoms with Crippen LogP contribution in [0, 0.1) is 11.3 Å². The highest BCUT2D eigenvalue weighted by Crippen LogP contribution is 2.46. The summed E-state index contributed by atoms with van der Waals surface area (Å²) < 4.78 is 0. The summed E-state index contributed by atoms with van der Waals surface area (Å²) in [7, 11) is 0. The highest BCUT2D eigenvalue weighted by atomic mass is 14.3. The van der Waals surface area contributed by atoms with Crippen molar-refractivity contribution in [2.24, 2.45) is 11.3 Å². The van der Waals surface area contributed by atoms with Gasteiger partial charge in [-0.2, -0.15) is 0 Å². The first-order valence-electron chi connectivity index (χ1n) is 15.3. The lowest BCUT2D eigenvalue weighted by molar-refractivity contribution is 0.247. The van der Waals surface area contributed by atoms with Gasteiger partial charge in [0, 0.05) is 0 Å². The summed E-state index contributed by atoms with van der Waals surface area (Å²) >= 11 is 0. The van der Waals surface area contributed by atoms with Crippen LogP contribution < -0.4 is 0 Å². The lowest BCUT2D eigenvalue weighted by Crippen LogP contribution is -2.17. The summed E-state index contributed by atoms with van der Waals surface area (Å²) in [4.78, 5) is 0. The molecule has 0 aliphatic heterocycles. The third-order valence-corrected chi connectivity index (χ3v) is 9.54. The minimum Gasteiger partial charge on any atom is -0.0620 e. The number of benzene rings is 7. The lowest BCUT2D eigenvalue weighted by Gasteiger charge is -2.27. The van der Waals surface area contributed by atoms with Crippen LogP contribution in [0.1, 0.15) is 39.7 Å². The van der Waals surface area contributed by atoms with Gasteiger partial charge in [-0.25, -0.2) is 0 Å². The third kappa shape index (κ3) is 4.66. The van der Waals surface area contributed by atoms with Gasteiger partial charge in [-0.1, -0.05) is 143 Å². The molecule has 0 aliphatic carbocycles. The molecule has 0 saturated carbocycles. The highest BCUT2D eigenvalue weighted by Gasteiger charge is 2.22. The van der Waals surface area contributed by atoms with Gasteiger partial charge in [-0.3, -0.25) is 0 Å². The average molecular weight is 543 g/mol.